The van der Waals surface area contributed by atoms with Crippen LogP contribution >= 0.6 is 0 Å². The van der Waals surface area contributed by atoms with E-state index in [1.165, 1.54) is 0 Å². The highest BCUT2D eigenvalue weighted by Gasteiger charge is 2.29. The van der Waals surface area contributed by atoms with E-state index in [4.69, 9.17) is 5.73 Å². The Hall–Kier alpha value is -1.68. The topological polar surface area (TPSA) is 43.8 Å². The summed E-state index contributed by atoms with van der Waals surface area (Å²) in [5.41, 5.74) is 5.83. The third kappa shape index (κ3) is 2.76. The van der Waals surface area contributed by atoms with Gasteiger partial charge in [0, 0.05) is 19.8 Å². The molecule has 0 aliphatic rings. The number of hydrogen-bond donors (Lipinski definition) is 1. The normalized spacial score (nSPS) is 14.4. The van der Waals surface area contributed by atoms with Gasteiger partial charge in [0.25, 0.3) is 0 Å². The second kappa shape index (κ2) is 5.31. The van der Waals surface area contributed by atoms with E-state index in [0.717, 1.165) is 5.56 Å². The van der Waals surface area contributed by atoms with Crippen molar-refractivity contribution in [2.45, 2.75) is 18.5 Å². The molecule has 2 rings (SSSR count). The van der Waals surface area contributed by atoms with Gasteiger partial charge in [-0.1, -0.05) is 30.3 Å². The van der Waals surface area contributed by atoms with Crippen LogP contribution in [0.1, 0.15) is 17.5 Å². The summed E-state index contributed by atoms with van der Waals surface area (Å²) in [4.78, 5) is 0. The molecule has 0 fully saturated rings. The second-order valence-electron chi connectivity index (χ2n) is 4.56. The lowest BCUT2D eigenvalue weighted by atomic mass is 9.90. The van der Waals surface area contributed by atoms with Crippen LogP contribution in [0.5, 0.6) is 0 Å². The standard InChI is InChI=1S/C14H18FN3/c1-18-10-12(9-17-18)7-8-14(15,11-16)13-5-3-2-4-6-13/h2-6,9-10H,7-8,11,16H2,1H3. The summed E-state index contributed by atoms with van der Waals surface area (Å²) in [5.74, 6) is 0. The zero-order valence-corrected chi connectivity index (χ0v) is 10.5. The highest BCUT2D eigenvalue weighted by molar-refractivity contribution is 5.23. The molecule has 0 aliphatic heterocycles. The molecular formula is C14H18FN3. The van der Waals surface area contributed by atoms with E-state index in [-0.39, 0.29) is 6.54 Å². The minimum atomic E-state index is -1.46. The number of nitrogens with zero attached hydrogens (tertiary/aromatic N) is 2. The van der Waals surface area contributed by atoms with Gasteiger partial charge >= 0.3 is 0 Å². The monoisotopic (exact) mass is 247 g/mol. The summed E-state index contributed by atoms with van der Waals surface area (Å²) in [6.07, 6.45) is 4.68. The molecule has 0 saturated carbocycles. The average Bonchev–Trinajstić information content (AvgIpc) is 2.83. The molecule has 1 atom stereocenters. The molecule has 0 aliphatic carbocycles. The Kier molecular flexibility index (Phi) is 3.77. The summed E-state index contributed by atoms with van der Waals surface area (Å²) < 4.78 is 16.5. The van der Waals surface area contributed by atoms with Crippen molar-refractivity contribution in [3.8, 4) is 0 Å². The smallest absolute Gasteiger partial charge is 0.148 e. The molecule has 1 unspecified atom stereocenters. The van der Waals surface area contributed by atoms with Crippen LogP contribution in [-0.4, -0.2) is 16.3 Å². The van der Waals surface area contributed by atoms with Gasteiger partial charge in [0.2, 0.25) is 0 Å². The molecule has 0 amide bonds. The quantitative estimate of drug-likeness (QED) is 0.880. The number of aromatic nitrogens is 2. The van der Waals surface area contributed by atoms with Crippen molar-refractivity contribution in [3.05, 3.63) is 53.9 Å². The van der Waals surface area contributed by atoms with E-state index >= 15 is 0 Å². The highest BCUT2D eigenvalue weighted by atomic mass is 19.1. The van der Waals surface area contributed by atoms with E-state index in [1.807, 2.05) is 31.4 Å². The molecule has 3 nitrogen and oxygen atoms in total. The van der Waals surface area contributed by atoms with Crippen LogP contribution in [0.15, 0.2) is 42.7 Å². The molecule has 0 spiro atoms. The van der Waals surface area contributed by atoms with Gasteiger partial charge in [-0.15, -0.1) is 0 Å². The van der Waals surface area contributed by atoms with Gasteiger partial charge in [-0.25, -0.2) is 4.39 Å². The minimum Gasteiger partial charge on any atom is -0.327 e. The van der Waals surface area contributed by atoms with E-state index < -0.39 is 5.67 Å². The molecule has 0 saturated heterocycles. The molecule has 96 valence electrons. The fraction of sp³-hybridized carbons (Fsp3) is 0.357. The summed E-state index contributed by atoms with van der Waals surface area (Å²) in [7, 11) is 1.85. The number of halogens is 1. The lowest BCUT2D eigenvalue weighted by Gasteiger charge is -2.23. The molecule has 1 aromatic carbocycles. The summed E-state index contributed by atoms with van der Waals surface area (Å²) in [6.45, 7) is -0.00270. The molecule has 1 heterocycles. The van der Waals surface area contributed by atoms with Crippen molar-refractivity contribution >= 4 is 0 Å². The Morgan fingerprint density at radius 2 is 2.06 bits per heavy atom. The van der Waals surface area contributed by atoms with Crippen LogP contribution < -0.4 is 5.73 Å². The van der Waals surface area contributed by atoms with E-state index in [0.29, 0.717) is 18.4 Å². The van der Waals surface area contributed by atoms with Gasteiger partial charge in [-0.3, -0.25) is 4.68 Å². The molecule has 0 bridgehead atoms. The fourth-order valence-electron chi connectivity index (χ4n) is 2.04. The largest absolute Gasteiger partial charge is 0.327 e. The van der Waals surface area contributed by atoms with Crippen LogP contribution in [0.25, 0.3) is 0 Å². The van der Waals surface area contributed by atoms with E-state index in [2.05, 4.69) is 5.10 Å². The summed E-state index contributed by atoms with van der Waals surface area (Å²) in [5, 5.41) is 4.08. The summed E-state index contributed by atoms with van der Waals surface area (Å²) >= 11 is 0. The number of aryl methyl sites for hydroxylation is 2. The van der Waals surface area contributed by atoms with Crippen molar-refractivity contribution in [1.29, 1.82) is 0 Å². The maximum absolute atomic E-state index is 14.8. The Labute approximate surface area is 106 Å². The van der Waals surface area contributed by atoms with Gasteiger partial charge in [0.15, 0.2) is 0 Å². The summed E-state index contributed by atoms with van der Waals surface area (Å²) in [6, 6.07) is 9.13. The van der Waals surface area contributed by atoms with Gasteiger partial charge in [0.05, 0.1) is 6.20 Å². The van der Waals surface area contributed by atoms with Gasteiger partial charge in [-0.05, 0) is 24.0 Å². The minimum absolute atomic E-state index is 0.00270. The van der Waals surface area contributed by atoms with Crippen LogP contribution in [-0.2, 0) is 19.1 Å². The number of rotatable bonds is 5. The zero-order valence-electron chi connectivity index (χ0n) is 10.5. The van der Waals surface area contributed by atoms with Crippen molar-refractivity contribution in [2.75, 3.05) is 6.54 Å². The van der Waals surface area contributed by atoms with Crippen molar-refractivity contribution < 1.29 is 4.39 Å². The van der Waals surface area contributed by atoms with Gasteiger partial charge in [0.1, 0.15) is 5.67 Å². The Bertz CT molecular complexity index is 495. The zero-order chi connectivity index (χ0) is 13.0. The lowest BCUT2D eigenvalue weighted by Crippen LogP contribution is -2.30. The first-order chi connectivity index (χ1) is 8.64. The Morgan fingerprint density at radius 1 is 1.33 bits per heavy atom. The Morgan fingerprint density at radius 3 is 2.61 bits per heavy atom. The molecule has 0 radical (unpaired) electrons. The second-order valence-corrected chi connectivity index (χ2v) is 4.56. The van der Waals surface area contributed by atoms with Crippen LogP contribution in [0.3, 0.4) is 0 Å². The van der Waals surface area contributed by atoms with Gasteiger partial charge < -0.3 is 5.73 Å². The number of nitrogens with two attached hydrogens (primary N) is 1. The van der Waals surface area contributed by atoms with Gasteiger partial charge in [-0.2, -0.15) is 5.10 Å². The van der Waals surface area contributed by atoms with E-state index in [1.54, 1.807) is 23.0 Å². The first kappa shape index (κ1) is 12.8. The lowest BCUT2D eigenvalue weighted by molar-refractivity contribution is 0.161. The maximum Gasteiger partial charge on any atom is 0.148 e. The first-order valence-corrected chi connectivity index (χ1v) is 6.06. The maximum atomic E-state index is 14.8. The predicted octanol–water partition coefficient (Wildman–Crippen LogP) is 2.18. The molecule has 2 N–H and O–H groups in total. The SMILES string of the molecule is Cn1cc(CCC(F)(CN)c2ccccc2)cn1. The molecule has 18 heavy (non-hydrogen) atoms. The van der Waals surface area contributed by atoms with Crippen LogP contribution in [0.4, 0.5) is 4.39 Å². The fourth-order valence-corrected chi connectivity index (χ4v) is 2.04. The predicted molar refractivity (Wildman–Crippen MR) is 69.8 cm³/mol. The molecule has 4 heteroatoms. The Balaban J connectivity index is 2.09. The number of alkyl halides is 1. The highest BCUT2D eigenvalue weighted by Crippen LogP contribution is 2.30. The van der Waals surface area contributed by atoms with Crippen LogP contribution in [0, 0.1) is 0 Å². The van der Waals surface area contributed by atoms with Crippen molar-refractivity contribution in [3.63, 3.8) is 0 Å². The third-order valence-electron chi connectivity index (χ3n) is 3.18. The third-order valence-corrected chi connectivity index (χ3v) is 3.18. The van der Waals surface area contributed by atoms with Crippen LogP contribution in [0.2, 0.25) is 0 Å². The molecule has 2 aromatic rings. The number of hydrogen-bond acceptors (Lipinski definition) is 2. The average molecular weight is 247 g/mol. The molecule has 1 aromatic heterocycles. The molecular weight excluding hydrogens is 229 g/mol. The van der Waals surface area contributed by atoms with Crippen molar-refractivity contribution in [2.24, 2.45) is 12.8 Å². The van der Waals surface area contributed by atoms with Crippen molar-refractivity contribution in [1.82, 2.24) is 9.78 Å². The van der Waals surface area contributed by atoms with E-state index in [9.17, 15) is 4.39 Å². The first-order valence-electron chi connectivity index (χ1n) is 6.06. The number of benzene rings is 1.